The maximum Gasteiger partial charge on any atom is 0.275 e. The van der Waals surface area contributed by atoms with E-state index in [0.717, 1.165) is 28.3 Å². The van der Waals surface area contributed by atoms with E-state index in [1.807, 2.05) is 56.3 Å². The molecule has 0 fully saturated rings. The molecule has 26 heavy (non-hydrogen) atoms. The van der Waals surface area contributed by atoms with Gasteiger partial charge >= 0.3 is 0 Å². The number of hydrogen-bond acceptors (Lipinski definition) is 5. The minimum Gasteiger partial charge on any atom is -0.497 e. The van der Waals surface area contributed by atoms with Crippen molar-refractivity contribution in [3.63, 3.8) is 0 Å². The van der Waals surface area contributed by atoms with Crippen LogP contribution in [-0.2, 0) is 0 Å². The quantitative estimate of drug-likeness (QED) is 0.726. The van der Waals surface area contributed by atoms with Crippen LogP contribution in [0.5, 0.6) is 5.75 Å². The Morgan fingerprint density at radius 3 is 2.62 bits per heavy atom. The molecule has 1 amide bonds. The molecule has 0 saturated carbocycles. The Labute approximate surface area is 152 Å². The summed E-state index contributed by atoms with van der Waals surface area (Å²) in [6.07, 6.45) is 2.97. The van der Waals surface area contributed by atoms with Gasteiger partial charge in [-0.2, -0.15) is 0 Å². The van der Waals surface area contributed by atoms with Crippen LogP contribution in [0.25, 0.3) is 0 Å². The lowest BCUT2D eigenvalue weighted by molar-refractivity contribution is 0.102. The molecule has 0 atom stereocenters. The molecule has 1 heterocycles. The zero-order valence-electron chi connectivity index (χ0n) is 14.9. The third-order valence-electron chi connectivity index (χ3n) is 3.87. The molecule has 1 aromatic heterocycles. The van der Waals surface area contributed by atoms with Gasteiger partial charge in [0.2, 0.25) is 0 Å². The van der Waals surface area contributed by atoms with Crippen molar-refractivity contribution >= 4 is 23.1 Å². The number of hydrogen-bond donors (Lipinski definition) is 2. The molecule has 0 unspecified atom stereocenters. The first-order valence-electron chi connectivity index (χ1n) is 8.17. The van der Waals surface area contributed by atoms with Crippen LogP contribution in [0.1, 0.15) is 21.6 Å². The van der Waals surface area contributed by atoms with Crippen molar-refractivity contribution in [2.24, 2.45) is 0 Å². The third-order valence-corrected chi connectivity index (χ3v) is 3.87. The van der Waals surface area contributed by atoms with Crippen LogP contribution < -0.4 is 15.4 Å². The average Bonchev–Trinajstić information content (AvgIpc) is 2.65. The van der Waals surface area contributed by atoms with Gasteiger partial charge in [-0.25, -0.2) is 9.97 Å². The SMILES string of the molecule is COc1cccc(Nc2cnc(C(=O)Nc3cc(C)ccc3C)cn2)c1. The maximum absolute atomic E-state index is 12.4. The lowest BCUT2D eigenvalue weighted by atomic mass is 10.1. The molecule has 0 aliphatic carbocycles. The van der Waals surface area contributed by atoms with Crippen LogP contribution in [0, 0.1) is 13.8 Å². The molecule has 132 valence electrons. The van der Waals surface area contributed by atoms with Crippen LogP contribution >= 0.6 is 0 Å². The summed E-state index contributed by atoms with van der Waals surface area (Å²) in [7, 11) is 1.61. The van der Waals surface area contributed by atoms with E-state index in [-0.39, 0.29) is 11.6 Å². The Morgan fingerprint density at radius 2 is 1.88 bits per heavy atom. The van der Waals surface area contributed by atoms with E-state index in [2.05, 4.69) is 20.6 Å². The van der Waals surface area contributed by atoms with Gasteiger partial charge in [-0.3, -0.25) is 4.79 Å². The van der Waals surface area contributed by atoms with Gasteiger partial charge in [-0.1, -0.05) is 18.2 Å². The third kappa shape index (κ3) is 4.16. The van der Waals surface area contributed by atoms with E-state index in [1.54, 1.807) is 7.11 Å². The Hall–Kier alpha value is -3.41. The van der Waals surface area contributed by atoms with Gasteiger partial charge in [-0.05, 0) is 43.2 Å². The van der Waals surface area contributed by atoms with Crippen LogP contribution in [-0.4, -0.2) is 23.0 Å². The number of nitrogens with zero attached hydrogens (tertiary/aromatic N) is 2. The lowest BCUT2D eigenvalue weighted by Gasteiger charge is -2.10. The van der Waals surface area contributed by atoms with E-state index in [4.69, 9.17) is 4.74 Å². The Kier molecular flexibility index (Phi) is 5.12. The summed E-state index contributed by atoms with van der Waals surface area (Å²) in [5, 5.41) is 6.00. The lowest BCUT2D eigenvalue weighted by Crippen LogP contribution is -2.15. The zero-order chi connectivity index (χ0) is 18.5. The Morgan fingerprint density at radius 1 is 1.04 bits per heavy atom. The van der Waals surface area contributed by atoms with Crippen molar-refractivity contribution < 1.29 is 9.53 Å². The van der Waals surface area contributed by atoms with E-state index in [9.17, 15) is 4.79 Å². The largest absolute Gasteiger partial charge is 0.497 e. The normalized spacial score (nSPS) is 10.3. The number of rotatable bonds is 5. The molecule has 0 spiro atoms. The highest BCUT2D eigenvalue weighted by atomic mass is 16.5. The first kappa shape index (κ1) is 17.4. The van der Waals surface area contributed by atoms with Gasteiger partial charge < -0.3 is 15.4 Å². The number of benzene rings is 2. The fourth-order valence-corrected chi connectivity index (χ4v) is 2.42. The number of anilines is 3. The van der Waals surface area contributed by atoms with Crippen molar-refractivity contribution in [1.82, 2.24) is 9.97 Å². The number of nitrogens with one attached hydrogen (secondary N) is 2. The van der Waals surface area contributed by atoms with E-state index < -0.39 is 0 Å². The van der Waals surface area contributed by atoms with Crippen molar-refractivity contribution in [1.29, 1.82) is 0 Å². The molecule has 6 nitrogen and oxygen atoms in total. The van der Waals surface area contributed by atoms with Crippen LogP contribution in [0.4, 0.5) is 17.2 Å². The standard InChI is InChI=1S/C20H20N4O2/c1-13-7-8-14(2)17(9-13)24-20(25)18-11-22-19(12-21-18)23-15-5-4-6-16(10-15)26-3/h4-12H,1-3H3,(H,22,23)(H,24,25). The Bertz CT molecular complexity index is 923. The molecule has 0 saturated heterocycles. The van der Waals surface area contributed by atoms with Gasteiger partial charge in [-0.15, -0.1) is 0 Å². The monoisotopic (exact) mass is 348 g/mol. The predicted molar refractivity (Wildman–Crippen MR) is 102 cm³/mol. The fourth-order valence-electron chi connectivity index (χ4n) is 2.42. The molecular formula is C20H20N4O2. The summed E-state index contributed by atoms with van der Waals surface area (Å²) in [6, 6.07) is 13.4. The second-order valence-corrected chi connectivity index (χ2v) is 5.92. The van der Waals surface area contributed by atoms with E-state index >= 15 is 0 Å². The van der Waals surface area contributed by atoms with Gasteiger partial charge in [0.05, 0.1) is 19.5 Å². The molecular weight excluding hydrogens is 328 g/mol. The average molecular weight is 348 g/mol. The van der Waals surface area contributed by atoms with Crippen molar-refractivity contribution in [3.05, 3.63) is 71.7 Å². The molecule has 6 heteroatoms. The summed E-state index contributed by atoms with van der Waals surface area (Å²) >= 11 is 0. The van der Waals surface area contributed by atoms with Crippen LogP contribution in [0.3, 0.4) is 0 Å². The Balaban J connectivity index is 1.70. The number of methoxy groups -OCH3 is 1. The number of amides is 1. The number of carbonyl (C=O) groups excluding carboxylic acids is 1. The molecule has 2 aromatic carbocycles. The highest BCUT2D eigenvalue weighted by molar-refractivity contribution is 6.03. The molecule has 3 rings (SSSR count). The van der Waals surface area contributed by atoms with Gasteiger partial charge in [0.1, 0.15) is 17.3 Å². The highest BCUT2D eigenvalue weighted by Gasteiger charge is 2.10. The molecule has 0 aliphatic rings. The van der Waals surface area contributed by atoms with Gasteiger partial charge in [0, 0.05) is 17.4 Å². The van der Waals surface area contributed by atoms with Gasteiger partial charge in [0.15, 0.2) is 0 Å². The number of aromatic nitrogens is 2. The number of ether oxygens (including phenoxy) is 1. The molecule has 2 N–H and O–H groups in total. The first-order chi connectivity index (χ1) is 12.5. The first-order valence-corrected chi connectivity index (χ1v) is 8.17. The summed E-state index contributed by atoms with van der Waals surface area (Å²) in [5.74, 6) is 0.994. The number of aryl methyl sites for hydroxylation is 2. The van der Waals surface area contributed by atoms with Crippen molar-refractivity contribution in [3.8, 4) is 5.75 Å². The van der Waals surface area contributed by atoms with Gasteiger partial charge in [0.25, 0.3) is 5.91 Å². The van der Waals surface area contributed by atoms with Crippen molar-refractivity contribution in [2.75, 3.05) is 17.7 Å². The summed E-state index contributed by atoms with van der Waals surface area (Å²) in [5.41, 5.74) is 3.92. The topological polar surface area (TPSA) is 76.1 Å². The molecule has 0 aliphatic heterocycles. The van der Waals surface area contributed by atoms with E-state index in [1.165, 1.54) is 12.4 Å². The van der Waals surface area contributed by atoms with Crippen LogP contribution in [0.2, 0.25) is 0 Å². The predicted octanol–water partition coefficient (Wildman–Crippen LogP) is 4.10. The fraction of sp³-hybridized carbons (Fsp3) is 0.150. The van der Waals surface area contributed by atoms with E-state index in [0.29, 0.717) is 5.82 Å². The minimum atomic E-state index is -0.292. The zero-order valence-corrected chi connectivity index (χ0v) is 14.9. The van der Waals surface area contributed by atoms with Crippen LogP contribution in [0.15, 0.2) is 54.9 Å². The second kappa shape index (κ2) is 7.65. The summed E-state index contributed by atoms with van der Waals surface area (Å²) in [4.78, 5) is 20.8. The summed E-state index contributed by atoms with van der Waals surface area (Å²) in [6.45, 7) is 3.93. The smallest absolute Gasteiger partial charge is 0.275 e. The summed E-state index contributed by atoms with van der Waals surface area (Å²) < 4.78 is 5.19. The molecule has 0 radical (unpaired) electrons. The molecule has 0 bridgehead atoms. The number of carbonyl (C=O) groups is 1. The molecule has 3 aromatic rings. The maximum atomic E-state index is 12.4. The van der Waals surface area contributed by atoms with Crippen molar-refractivity contribution in [2.45, 2.75) is 13.8 Å². The second-order valence-electron chi connectivity index (χ2n) is 5.92. The highest BCUT2D eigenvalue weighted by Crippen LogP contribution is 2.20. The minimum absolute atomic E-state index is 0.252.